The van der Waals surface area contributed by atoms with E-state index in [2.05, 4.69) is 0 Å². The molecule has 0 rings (SSSR count). The molecule has 0 aromatic heterocycles. The van der Waals surface area contributed by atoms with Gasteiger partial charge in [-0.25, -0.2) is 0 Å². The second-order valence-corrected chi connectivity index (χ2v) is 8.42. The first kappa shape index (κ1) is 62.2. The van der Waals surface area contributed by atoms with Gasteiger partial charge in [0, 0.05) is 59.3 Å². The average Bonchev–Trinajstić information content (AvgIpc) is 2.78. The van der Waals surface area contributed by atoms with Crippen LogP contribution < -0.4 is 139 Å². The van der Waals surface area contributed by atoms with Crippen LogP contribution >= 0.6 is 0 Å². The van der Waals surface area contributed by atoms with E-state index in [0.29, 0.717) is 0 Å². The molecular formula is C22H32N4Na4O18. The molecule has 0 radical (unpaired) electrons. The number of nitrogens with zero attached hydrogens (tertiary/aromatic N) is 4. The zero-order chi connectivity index (χ0) is 35.0. The Balaban J connectivity index is -0.000000117. The van der Waals surface area contributed by atoms with Gasteiger partial charge in [0.05, 0.1) is 50.1 Å². The molecule has 26 heteroatoms. The van der Waals surface area contributed by atoms with Crippen LogP contribution in [0.3, 0.4) is 0 Å². The normalized spacial score (nSPS) is 9.44. The molecule has 252 valence electrons. The number of carbonyl (C=O) groups is 9. The van der Waals surface area contributed by atoms with Crippen LogP contribution in [0.25, 0.3) is 0 Å². The monoisotopic (exact) mass is 732 g/mol. The molecule has 0 atom stereocenters. The minimum Gasteiger partial charge on any atom is -0.549 e. The second kappa shape index (κ2) is 37.3. The third-order valence-corrected chi connectivity index (χ3v) is 4.31. The minimum atomic E-state index is -1.53. The molecule has 22 nitrogen and oxygen atoms in total. The molecule has 0 saturated carbocycles. The van der Waals surface area contributed by atoms with E-state index in [1.165, 1.54) is 0 Å². The number of carbonyl (C=O) groups excluding carboxylic acids is 4. The third kappa shape index (κ3) is 51.9. The number of carboxylic acids is 9. The molecule has 0 spiro atoms. The molecule has 0 aliphatic carbocycles. The first-order valence-electron chi connectivity index (χ1n) is 11.9. The fourth-order valence-electron chi connectivity index (χ4n) is 2.92. The maximum atomic E-state index is 10.6. The zero-order valence-corrected chi connectivity index (χ0v) is 35.3. The van der Waals surface area contributed by atoms with Crippen molar-refractivity contribution in [3.05, 3.63) is 0 Å². The van der Waals surface area contributed by atoms with E-state index in [4.69, 9.17) is 30.3 Å². The molecule has 48 heavy (non-hydrogen) atoms. The van der Waals surface area contributed by atoms with Crippen molar-refractivity contribution in [2.75, 3.05) is 78.5 Å². The summed E-state index contributed by atoms with van der Waals surface area (Å²) in [5.41, 5.74) is 0. The Kier molecular flexibility index (Phi) is 48.4. The molecule has 0 unspecified atom stereocenters. The quantitative estimate of drug-likeness (QED) is 0.0645. The number of hydrogen-bond donors (Lipinski definition) is 5. The SMILES string of the molecule is CC(=O)O.O=C(O)CN(CCN(CC(=O)O)CC(=O)O)CC(=O)O.O=C([O-])CN(CCN(CC(=O)[O-])CC(=O)[O-])CC(=O)[O-].[Na+].[Na+].[Na+].[Na+]. The first-order valence-corrected chi connectivity index (χ1v) is 11.9. The number of rotatable bonds is 22. The Bertz CT molecular complexity index is 811. The van der Waals surface area contributed by atoms with Gasteiger partial charge in [-0.3, -0.25) is 43.6 Å². The molecule has 0 heterocycles. The van der Waals surface area contributed by atoms with Crippen molar-refractivity contribution in [2.45, 2.75) is 6.92 Å². The van der Waals surface area contributed by atoms with Crippen LogP contribution in [-0.2, 0) is 43.2 Å². The smallest absolute Gasteiger partial charge is 0.549 e. The van der Waals surface area contributed by atoms with E-state index >= 15 is 0 Å². The van der Waals surface area contributed by atoms with Crippen LogP contribution in [0.4, 0.5) is 0 Å². The van der Waals surface area contributed by atoms with Crippen LogP contribution in [0, 0.1) is 0 Å². The first-order chi connectivity index (χ1) is 20.1. The van der Waals surface area contributed by atoms with Crippen molar-refractivity contribution in [3.8, 4) is 0 Å². The third-order valence-electron chi connectivity index (χ3n) is 4.31. The maximum absolute atomic E-state index is 10.6. The number of carboxylic acid groups (broad SMARTS) is 9. The van der Waals surface area contributed by atoms with E-state index < -0.39 is 106 Å². The van der Waals surface area contributed by atoms with Gasteiger partial charge in [-0.1, -0.05) is 0 Å². The predicted molar refractivity (Wildman–Crippen MR) is 130 cm³/mol. The summed E-state index contributed by atoms with van der Waals surface area (Å²) in [6, 6.07) is 0. The molecule has 0 saturated heterocycles. The Morgan fingerprint density at radius 3 is 0.604 bits per heavy atom. The molecule has 5 N–H and O–H groups in total. The van der Waals surface area contributed by atoms with Crippen molar-refractivity contribution >= 4 is 53.7 Å². The molecule has 0 fully saturated rings. The van der Waals surface area contributed by atoms with E-state index in [9.17, 15) is 58.8 Å². The van der Waals surface area contributed by atoms with Crippen LogP contribution in [0.5, 0.6) is 0 Å². The summed E-state index contributed by atoms with van der Waals surface area (Å²) in [6.07, 6.45) is 0. The molecule has 0 amide bonds. The summed E-state index contributed by atoms with van der Waals surface area (Å²) in [7, 11) is 0. The molecule has 0 bridgehead atoms. The largest absolute Gasteiger partial charge is 1.00 e. The molecule has 0 aliphatic heterocycles. The van der Waals surface area contributed by atoms with Gasteiger partial charge in [0.25, 0.3) is 5.97 Å². The van der Waals surface area contributed by atoms with Crippen molar-refractivity contribution < 1.29 is 207 Å². The fraction of sp³-hybridized carbons (Fsp3) is 0.591. The minimum absolute atomic E-state index is 0. The van der Waals surface area contributed by atoms with Crippen molar-refractivity contribution in [3.63, 3.8) is 0 Å². The Morgan fingerprint density at radius 2 is 0.500 bits per heavy atom. The van der Waals surface area contributed by atoms with E-state index in [-0.39, 0.29) is 144 Å². The average molecular weight is 732 g/mol. The van der Waals surface area contributed by atoms with E-state index in [1.807, 2.05) is 0 Å². The summed E-state index contributed by atoms with van der Waals surface area (Å²) in [5.74, 6) is -11.9. The number of aliphatic carboxylic acids is 9. The van der Waals surface area contributed by atoms with Gasteiger partial charge in [0.15, 0.2) is 0 Å². The van der Waals surface area contributed by atoms with E-state index in [0.717, 1.165) is 26.5 Å². The van der Waals surface area contributed by atoms with Gasteiger partial charge in [-0.2, -0.15) is 0 Å². The summed E-state index contributed by atoms with van der Waals surface area (Å²) >= 11 is 0. The molecule has 0 aliphatic rings. The fourth-order valence-corrected chi connectivity index (χ4v) is 2.92. The van der Waals surface area contributed by atoms with Gasteiger partial charge in [-0.15, -0.1) is 0 Å². The standard InChI is InChI=1S/2C10H16N2O8.C2H4O2.4Na/c2*13-7(14)3-11(4-8(15)16)1-2-12(5-9(17)18)6-10(19)20;1-2(3)4;;;;/h2*1-6H2,(H,13,14)(H,15,16)(H,17,18)(H,19,20);1H3,(H,3,4);;;;/q;;;4*+1/p-4. The van der Waals surface area contributed by atoms with E-state index in [1.54, 1.807) is 0 Å². The zero-order valence-electron chi connectivity index (χ0n) is 27.3. The predicted octanol–water partition coefficient (Wildman–Crippen LogP) is -21.4. The topological polar surface area (TPSA) is 360 Å². The Morgan fingerprint density at radius 1 is 0.375 bits per heavy atom. The van der Waals surface area contributed by atoms with Crippen LogP contribution in [0.2, 0.25) is 0 Å². The Labute approximate surface area is 362 Å². The number of hydrogen-bond acceptors (Lipinski definition) is 17. The summed E-state index contributed by atoms with van der Waals surface area (Å²) in [6.45, 7) is -4.42. The van der Waals surface area contributed by atoms with Crippen LogP contribution in [0.1, 0.15) is 6.92 Å². The van der Waals surface area contributed by atoms with Gasteiger partial charge in [0.1, 0.15) is 0 Å². The van der Waals surface area contributed by atoms with Gasteiger partial charge in [0.2, 0.25) is 0 Å². The van der Waals surface area contributed by atoms with Gasteiger partial charge < -0.3 is 65.1 Å². The molecular weight excluding hydrogens is 700 g/mol. The maximum Gasteiger partial charge on any atom is 1.00 e. The summed E-state index contributed by atoms with van der Waals surface area (Å²) in [4.78, 5) is 96.8. The summed E-state index contributed by atoms with van der Waals surface area (Å²) < 4.78 is 0. The van der Waals surface area contributed by atoms with Gasteiger partial charge in [-0.05, 0) is 0 Å². The summed E-state index contributed by atoms with van der Waals surface area (Å²) in [5, 5.41) is 83.5. The molecule has 0 aromatic rings. The van der Waals surface area contributed by atoms with Crippen LogP contribution in [0.15, 0.2) is 0 Å². The van der Waals surface area contributed by atoms with Crippen molar-refractivity contribution in [1.82, 2.24) is 19.6 Å². The van der Waals surface area contributed by atoms with Gasteiger partial charge >= 0.3 is 142 Å². The second-order valence-electron chi connectivity index (χ2n) is 8.42. The van der Waals surface area contributed by atoms with Crippen molar-refractivity contribution in [2.24, 2.45) is 0 Å². The van der Waals surface area contributed by atoms with Crippen molar-refractivity contribution in [1.29, 1.82) is 0 Å². The molecule has 0 aromatic carbocycles. The van der Waals surface area contributed by atoms with Crippen LogP contribution in [-0.4, -0.2) is 177 Å². The Hall–Kier alpha value is -0.930.